The van der Waals surface area contributed by atoms with Gasteiger partial charge in [0.25, 0.3) is 0 Å². The van der Waals surface area contributed by atoms with E-state index in [-0.39, 0.29) is 0 Å². The summed E-state index contributed by atoms with van der Waals surface area (Å²) in [4.78, 5) is 8.61. The van der Waals surface area contributed by atoms with Gasteiger partial charge in [0.05, 0.1) is 0 Å². The second-order valence-corrected chi connectivity index (χ2v) is 0.606. The molecule has 0 aromatic rings. The van der Waals surface area contributed by atoms with Crippen LogP contribution in [0.1, 0.15) is 23.3 Å². The molecule has 0 atom stereocenters. The van der Waals surface area contributed by atoms with Gasteiger partial charge in [-0.2, -0.15) is 0 Å². The molecular formula is C3H7NO2. The molecule has 0 spiro atoms. The van der Waals surface area contributed by atoms with Gasteiger partial charge in [0.15, 0.2) is 0 Å². The number of rotatable bonds is 1. The minimum Gasteiger partial charge on any atom is -0.264 e. The minimum atomic E-state index is -3.65. The van der Waals surface area contributed by atoms with E-state index in [0.29, 0.717) is 0 Å². The van der Waals surface area contributed by atoms with Crippen LogP contribution in [0.15, 0.2) is 0 Å². The summed E-state index contributed by atoms with van der Waals surface area (Å²) in [5.74, 6) is 0. The zero-order valence-electron chi connectivity index (χ0n) is 9.76. The van der Waals surface area contributed by atoms with Crippen LogP contribution in [0.5, 0.6) is 0 Å². The van der Waals surface area contributed by atoms with Gasteiger partial charge in [-0.15, -0.1) is 0 Å². The third-order valence-electron chi connectivity index (χ3n) is 0.183. The van der Waals surface area contributed by atoms with Crippen molar-refractivity contribution in [2.24, 2.45) is 0 Å². The molecule has 0 amide bonds. The second-order valence-electron chi connectivity index (χ2n) is 0.606. The lowest BCUT2D eigenvalue weighted by atomic mass is 10.4. The van der Waals surface area contributed by atoms with Gasteiger partial charge in [-0.3, -0.25) is 10.1 Å². The summed E-state index contributed by atoms with van der Waals surface area (Å²) >= 11 is 0. The molecule has 0 aliphatic carbocycles. The molecule has 0 rings (SSSR count). The lowest BCUT2D eigenvalue weighted by Gasteiger charge is -1.88. The molecule has 0 bridgehead atoms. The molecule has 0 saturated carbocycles. The van der Waals surface area contributed by atoms with Crippen molar-refractivity contribution in [2.45, 2.75) is 19.7 Å². The third kappa shape index (κ3) is 1.69. The fraction of sp³-hybridized carbons (Fsp3) is 1.00. The van der Waals surface area contributed by atoms with E-state index in [2.05, 4.69) is 0 Å². The molecule has 6 heavy (non-hydrogen) atoms. The van der Waals surface area contributed by atoms with Gasteiger partial charge in [-0.25, -0.2) is 0 Å². The molecule has 0 fully saturated rings. The molecule has 0 aliphatic rings. The van der Waals surface area contributed by atoms with Crippen molar-refractivity contribution in [2.75, 3.05) is 0 Å². The summed E-state index contributed by atoms with van der Waals surface area (Å²) in [7, 11) is 0. The van der Waals surface area contributed by atoms with Crippen molar-refractivity contribution >= 4 is 0 Å². The first-order valence-corrected chi connectivity index (χ1v) is 1.09. The van der Waals surface area contributed by atoms with Crippen LogP contribution in [0.4, 0.5) is 0 Å². The summed E-state index contributed by atoms with van der Waals surface area (Å²) in [5.41, 5.74) is 0. The van der Waals surface area contributed by atoms with E-state index >= 15 is 0 Å². The Balaban J connectivity index is 5.35. The molecule has 0 heterocycles. The van der Waals surface area contributed by atoms with Crippen LogP contribution in [0.2, 0.25) is 0 Å². The molecule has 0 aromatic heterocycles. The largest absolute Gasteiger partial charge is 0.264 e. The first-order valence-electron chi connectivity index (χ1n) is 4.59. The van der Waals surface area contributed by atoms with E-state index < -0.39 is 24.6 Å². The fourth-order valence-electron chi connectivity index (χ4n) is 0. The monoisotopic (exact) mass is 96.1 g/mol. The van der Waals surface area contributed by atoms with Crippen molar-refractivity contribution in [3.05, 3.63) is 10.1 Å². The molecule has 0 aliphatic heterocycles. The second kappa shape index (κ2) is 1.74. The molecule has 36 valence electrons. The normalized spacial score (nSPS) is 32.3. The molecule has 0 saturated heterocycles. The summed E-state index contributed by atoms with van der Waals surface area (Å²) in [6.45, 7) is -6.97. The highest BCUT2D eigenvalue weighted by Crippen LogP contribution is 1.79. The predicted octanol–water partition coefficient (Wildman–Crippen LogP) is 0.671. The van der Waals surface area contributed by atoms with Gasteiger partial charge >= 0.3 is 0 Å². The summed E-state index contributed by atoms with van der Waals surface area (Å²) in [5, 5.41) is 10.2. The molecule has 0 aromatic carbocycles. The van der Waals surface area contributed by atoms with Gasteiger partial charge < -0.3 is 0 Å². The highest BCUT2D eigenvalue weighted by molar-refractivity contribution is 4.28. The van der Waals surface area contributed by atoms with Gasteiger partial charge in [-0.1, -0.05) is 0 Å². The quantitative estimate of drug-likeness (QED) is 0.355. The van der Waals surface area contributed by atoms with Crippen LogP contribution < -0.4 is 0 Å². The van der Waals surface area contributed by atoms with Crippen LogP contribution in [-0.4, -0.2) is 10.9 Å². The molecule has 3 heteroatoms. The van der Waals surface area contributed by atoms with Crippen molar-refractivity contribution in [3.63, 3.8) is 0 Å². The Labute approximate surface area is 46.0 Å². The van der Waals surface area contributed by atoms with Crippen molar-refractivity contribution < 1.29 is 14.5 Å². The summed E-state index contributed by atoms with van der Waals surface area (Å²) in [6.07, 6.45) is 0. The Bertz CT molecular complexity index is 203. The summed E-state index contributed by atoms with van der Waals surface area (Å²) < 4.78 is 46.6. The average Bonchev–Trinajstić information content (AvgIpc) is 1.80. The van der Waals surface area contributed by atoms with Crippen LogP contribution in [0.25, 0.3) is 0 Å². The van der Waals surface area contributed by atoms with Crippen LogP contribution in [-0.2, 0) is 0 Å². The van der Waals surface area contributed by atoms with Crippen molar-refractivity contribution in [1.29, 1.82) is 0 Å². The SMILES string of the molecule is [2H]C([2H])([2H])C([2H])([N+](=O)[O-])C([2H])([2H])[2H]. The van der Waals surface area contributed by atoms with E-state index in [1.54, 1.807) is 0 Å². The fourth-order valence-corrected chi connectivity index (χ4v) is 0. The van der Waals surface area contributed by atoms with Crippen molar-refractivity contribution in [3.8, 4) is 0 Å². The first-order chi connectivity index (χ1) is 5.44. The van der Waals surface area contributed by atoms with E-state index in [0.717, 1.165) is 0 Å². The minimum absolute atomic E-state index is 1.60. The molecular weight excluding hydrogens is 82.0 g/mol. The van der Waals surface area contributed by atoms with E-state index in [1.165, 1.54) is 0 Å². The maximum atomic E-state index is 10.2. The Morgan fingerprint density at radius 1 is 2.17 bits per heavy atom. The molecule has 0 unspecified atom stereocenters. The molecule has 0 radical (unpaired) electrons. The number of nitro groups is 1. The zero-order chi connectivity index (χ0) is 11.1. The van der Waals surface area contributed by atoms with Crippen molar-refractivity contribution in [1.82, 2.24) is 0 Å². The third-order valence-corrected chi connectivity index (χ3v) is 0.183. The van der Waals surface area contributed by atoms with E-state index in [9.17, 15) is 10.1 Å². The standard InChI is InChI=1S/C3H7NO2/c1-3(2)4(5)6/h3H,1-2H3/i1D3,2D3,3D. The van der Waals surface area contributed by atoms with Gasteiger partial charge in [-0.05, 0) is 0 Å². The smallest absolute Gasteiger partial charge is 0.207 e. The van der Waals surface area contributed by atoms with Gasteiger partial charge in [0.1, 0.15) is 1.37 Å². The predicted molar refractivity (Wildman–Crippen MR) is 22.1 cm³/mol. The van der Waals surface area contributed by atoms with Gasteiger partial charge in [0, 0.05) is 26.9 Å². The lowest BCUT2D eigenvalue weighted by molar-refractivity contribution is -0.513. The number of hydrogen-bond acceptors (Lipinski definition) is 2. The zero-order valence-corrected chi connectivity index (χ0v) is 2.76. The van der Waals surface area contributed by atoms with Crippen LogP contribution in [0.3, 0.4) is 0 Å². The van der Waals surface area contributed by atoms with Gasteiger partial charge in [0.2, 0.25) is 6.02 Å². The highest BCUT2D eigenvalue weighted by Gasteiger charge is 1.99. The number of nitrogens with zero attached hydrogens (tertiary/aromatic N) is 1. The Kier molecular flexibility index (Phi) is 0.234. The Morgan fingerprint density at radius 3 is 2.67 bits per heavy atom. The van der Waals surface area contributed by atoms with Crippen LogP contribution in [0, 0.1) is 10.1 Å². The summed E-state index contributed by atoms with van der Waals surface area (Å²) in [6, 6.07) is -3.65. The first kappa shape index (κ1) is 0.804. The maximum absolute atomic E-state index is 10.2. The Hall–Kier alpha value is -0.600. The highest BCUT2D eigenvalue weighted by atomic mass is 16.6. The lowest BCUT2D eigenvalue weighted by Crippen LogP contribution is -2.08. The Morgan fingerprint density at radius 2 is 2.67 bits per heavy atom. The maximum Gasteiger partial charge on any atom is 0.207 e. The van der Waals surface area contributed by atoms with Crippen LogP contribution >= 0.6 is 0 Å². The number of hydrogen-bond donors (Lipinski definition) is 0. The topological polar surface area (TPSA) is 43.1 Å². The van der Waals surface area contributed by atoms with E-state index in [1.807, 2.05) is 0 Å². The average molecular weight is 96.1 g/mol. The van der Waals surface area contributed by atoms with E-state index in [4.69, 9.17) is 9.60 Å². The molecule has 3 nitrogen and oxygen atoms in total. The molecule has 0 N–H and O–H groups in total.